The normalized spacial score (nSPS) is 39.5. The monoisotopic (exact) mass is 449 g/mol. The summed E-state index contributed by atoms with van der Waals surface area (Å²) in [5, 5.41) is 13.7. The van der Waals surface area contributed by atoms with Gasteiger partial charge in [-0.05, 0) is 92.3 Å². The van der Waals surface area contributed by atoms with Crippen molar-refractivity contribution in [3.05, 3.63) is 0 Å². The SMILES string of the molecule is COC(CC[C@@]1(C)/C(=N\O)CC[C@H]2[C@@H]3CC[C@H]([C@H](C)CCCC(C)C)[C@@]3(C)CC[C@@H]21)OC. The lowest BCUT2D eigenvalue weighted by Crippen LogP contribution is -2.52. The molecule has 3 fully saturated rings. The predicted molar refractivity (Wildman–Crippen MR) is 132 cm³/mol. The fourth-order valence-electron chi connectivity index (χ4n) is 8.55. The number of fused-ring (bicyclic) bond motifs is 3. The second-order valence-electron chi connectivity index (χ2n) is 12.3. The van der Waals surface area contributed by atoms with Crippen LogP contribution in [0.2, 0.25) is 0 Å². The molecular formula is C28H51NO3. The van der Waals surface area contributed by atoms with Crippen LogP contribution >= 0.6 is 0 Å². The molecule has 0 radical (unpaired) electrons. The molecule has 0 spiro atoms. The highest BCUT2D eigenvalue weighted by atomic mass is 16.7. The summed E-state index contributed by atoms with van der Waals surface area (Å²) in [4.78, 5) is 0. The largest absolute Gasteiger partial charge is 0.411 e. The maximum absolute atomic E-state index is 9.90. The van der Waals surface area contributed by atoms with Crippen molar-refractivity contribution < 1.29 is 14.7 Å². The van der Waals surface area contributed by atoms with Gasteiger partial charge in [-0.3, -0.25) is 0 Å². The van der Waals surface area contributed by atoms with Gasteiger partial charge in [0, 0.05) is 19.6 Å². The quantitative estimate of drug-likeness (QED) is 0.213. The van der Waals surface area contributed by atoms with Crippen LogP contribution in [0.5, 0.6) is 0 Å². The van der Waals surface area contributed by atoms with Gasteiger partial charge in [0.05, 0.1) is 5.71 Å². The average molecular weight is 450 g/mol. The molecule has 32 heavy (non-hydrogen) atoms. The molecule has 3 aliphatic carbocycles. The predicted octanol–water partition coefficient (Wildman–Crippen LogP) is 7.54. The summed E-state index contributed by atoms with van der Waals surface area (Å²) in [6.07, 6.45) is 13.4. The van der Waals surface area contributed by atoms with Crippen LogP contribution in [0.25, 0.3) is 0 Å². The lowest BCUT2D eigenvalue weighted by atomic mass is 9.47. The van der Waals surface area contributed by atoms with Gasteiger partial charge in [-0.2, -0.15) is 0 Å². The van der Waals surface area contributed by atoms with Gasteiger partial charge in [0.15, 0.2) is 6.29 Å². The summed E-state index contributed by atoms with van der Waals surface area (Å²) in [5.74, 6) is 4.76. The molecule has 3 rings (SSSR count). The third kappa shape index (κ3) is 4.92. The van der Waals surface area contributed by atoms with Crippen molar-refractivity contribution in [2.24, 2.45) is 51.5 Å². The molecular weight excluding hydrogens is 398 g/mol. The van der Waals surface area contributed by atoms with E-state index in [1.54, 1.807) is 14.2 Å². The second-order valence-corrected chi connectivity index (χ2v) is 12.3. The Morgan fingerprint density at radius 1 is 0.969 bits per heavy atom. The van der Waals surface area contributed by atoms with Gasteiger partial charge in [0.25, 0.3) is 0 Å². The van der Waals surface area contributed by atoms with Crippen LogP contribution in [-0.4, -0.2) is 31.4 Å². The van der Waals surface area contributed by atoms with Crippen molar-refractivity contribution in [1.29, 1.82) is 0 Å². The van der Waals surface area contributed by atoms with Crippen LogP contribution in [0.3, 0.4) is 0 Å². The molecule has 0 bridgehead atoms. The minimum atomic E-state index is -0.177. The molecule has 3 saturated carbocycles. The summed E-state index contributed by atoms with van der Waals surface area (Å²) in [5.41, 5.74) is 1.47. The van der Waals surface area contributed by atoms with E-state index in [1.807, 2.05) is 0 Å². The van der Waals surface area contributed by atoms with Crippen LogP contribution in [-0.2, 0) is 9.47 Å². The minimum absolute atomic E-state index is 0.0464. The van der Waals surface area contributed by atoms with Crippen molar-refractivity contribution in [2.45, 2.75) is 112 Å². The zero-order valence-electron chi connectivity index (χ0n) is 22.0. The Balaban J connectivity index is 1.74. The second kappa shape index (κ2) is 10.8. The van der Waals surface area contributed by atoms with Crippen molar-refractivity contribution >= 4 is 5.71 Å². The number of nitrogens with zero attached hydrogens (tertiary/aromatic N) is 1. The Hall–Kier alpha value is -0.610. The first-order chi connectivity index (χ1) is 15.2. The standard InChI is InChI=1S/C28H51NO3/c1-19(2)9-8-10-20(3)22-12-13-23-21-11-14-25(29-30)28(5,18-16-26(31-6)32-7)24(21)15-17-27(22,23)4/h19-24,26,30H,8-18H2,1-7H3/b29-25-/t20-,21+,22-,23+,24+,27-,28-/m1/s1. The van der Waals surface area contributed by atoms with Crippen molar-refractivity contribution in [3.8, 4) is 0 Å². The highest BCUT2D eigenvalue weighted by Crippen LogP contribution is 2.66. The van der Waals surface area contributed by atoms with E-state index in [0.717, 1.165) is 54.6 Å². The van der Waals surface area contributed by atoms with Crippen LogP contribution in [0.1, 0.15) is 105 Å². The molecule has 3 aliphatic rings. The molecule has 0 aromatic rings. The van der Waals surface area contributed by atoms with Crippen molar-refractivity contribution in [1.82, 2.24) is 0 Å². The van der Waals surface area contributed by atoms with Crippen molar-refractivity contribution in [3.63, 3.8) is 0 Å². The summed E-state index contributed by atoms with van der Waals surface area (Å²) >= 11 is 0. The Morgan fingerprint density at radius 3 is 2.31 bits per heavy atom. The van der Waals surface area contributed by atoms with E-state index in [1.165, 1.54) is 51.4 Å². The first kappa shape index (κ1) is 26.0. The summed E-state index contributed by atoms with van der Waals surface area (Å²) in [6.45, 7) is 12.3. The molecule has 0 aliphatic heterocycles. The molecule has 7 atom stereocenters. The highest BCUT2D eigenvalue weighted by Gasteiger charge is 2.59. The molecule has 1 N–H and O–H groups in total. The van der Waals surface area contributed by atoms with Gasteiger partial charge in [-0.25, -0.2) is 0 Å². The molecule has 0 heterocycles. The van der Waals surface area contributed by atoms with Gasteiger partial charge in [-0.15, -0.1) is 0 Å². The van der Waals surface area contributed by atoms with E-state index in [0.29, 0.717) is 11.3 Å². The van der Waals surface area contributed by atoms with Gasteiger partial charge in [0.1, 0.15) is 0 Å². The topological polar surface area (TPSA) is 51.0 Å². The molecule has 0 aromatic heterocycles. The Bertz CT molecular complexity index is 630. The molecule has 4 nitrogen and oxygen atoms in total. The number of hydrogen-bond acceptors (Lipinski definition) is 4. The smallest absolute Gasteiger partial charge is 0.156 e. The summed E-state index contributed by atoms with van der Waals surface area (Å²) in [7, 11) is 3.43. The number of hydrogen-bond donors (Lipinski definition) is 1. The van der Waals surface area contributed by atoms with Crippen LogP contribution in [0.15, 0.2) is 5.16 Å². The van der Waals surface area contributed by atoms with E-state index in [9.17, 15) is 5.21 Å². The lowest BCUT2D eigenvalue weighted by molar-refractivity contribution is -0.115. The van der Waals surface area contributed by atoms with Crippen LogP contribution in [0.4, 0.5) is 0 Å². The molecule has 0 aromatic carbocycles. The number of ether oxygens (including phenoxy) is 2. The molecule has 0 amide bonds. The zero-order valence-corrected chi connectivity index (χ0v) is 22.0. The van der Waals surface area contributed by atoms with Crippen LogP contribution in [0, 0.1) is 46.3 Å². The summed E-state index contributed by atoms with van der Waals surface area (Å²) < 4.78 is 11.0. The Morgan fingerprint density at radius 2 is 1.69 bits per heavy atom. The van der Waals surface area contributed by atoms with Crippen LogP contribution < -0.4 is 0 Å². The van der Waals surface area contributed by atoms with E-state index in [-0.39, 0.29) is 11.7 Å². The third-order valence-electron chi connectivity index (χ3n) is 10.4. The van der Waals surface area contributed by atoms with Gasteiger partial charge in [0.2, 0.25) is 0 Å². The maximum Gasteiger partial charge on any atom is 0.156 e. The number of rotatable bonds is 10. The molecule has 0 saturated heterocycles. The summed E-state index contributed by atoms with van der Waals surface area (Å²) in [6, 6.07) is 0. The van der Waals surface area contributed by atoms with Gasteiger partial charge in [-0.1, -0.05) is 59.0 Å². The third-order valence-corrected chi connectivity index (χ3v) is 10.4. The zero-order chi connectivity index (χ0) is 23.5. The fourth-order valence-corrected chi connectivity index (χ4v) is 8.55. The van der Waals surface area contributed by atoms with E-state index in [4.69, 9.17) is 9.47 Å². The Kier molecular flexibility index (Phi) is 8.74. The van der Waals surface area contributed by atoms with E-state index < -0.39 is 0 Å². The molecule has 4 heteroatoms. The van der Waals surface area contributed by atoms with Crippen molar-refractivity contribution in [2.75, 3.05) is 14.2 Å². The molecule has 0 unspecified atom stereocenters. The molecule has 186 valence electrons. The van der Waals surface area contributed by atoms with Gasteiger partial charge >= 0.3 is 0 Å². The fraction of sp³-hybridized carbons (Fsp3) is 0.964. The maximum atomic E-state index is 9.90. The van der Waals surface area contributed by atoms with E-state index >= 15 is 0 Å². The first-order valence-corrected chi connectivity index (χ1v) is 13.5. The lowest BCUT2D eigenvalue weighted by Gasteiger charge is -2.57. The number of oxime groups is 1. The first-order valence-electron chi connectivity index (χ1n) is 13.5. The highest BCUT2D eigenvalue weighted by molar-refractivity contribution is 5.90. The minimum Gasteiger partial charge on any atom is -0.411 e. The number of methoxy groups -OCH3 is 2. The van der Waals surface area contributed by atoms with Gasteiger partial charge < -0.3 is 14.7 Å². The van der Waals surface area contributed by atoms with E-state index in [2.05, 4.69) is 39.8 Å². The average Bonchev–Trinajstić information content (AvgIpc) is 3.12. The Labute approximate surface area is 197 Å².